The van der Waals surface area contributed by atoms with Crippen LogP contribution in [0, 0.1) is 12.7 Å². The van der Waals surface area contributed by atoms with Gasteiger partial charge >= 0.3 is 0 Å². The van der Waals surface area contributed by atoms with Crippen LogP contribution < -0.4 is 15.5 Å². The summed E-state index contributed by atoms with van der Waals surface area (Å²) in [6.45, 7) is 7.82. The van der Waals surface area contributed by atoms with E-state index in [1.807, 2.05) is 6.07 Å². The second kappa shape index (κ2) is 8.08. The Morgan fingerprint density at radius 2 is 1.94 bits per heavy atom. The van der Waals surface area contributed by atoms with Crippen LogP contribution in [-0.4, -0.2) is 50.8 Å². The van der Waals surface area contributed by atoms with Gasteiger partial charge in [-0.1, -0.05) is 0 Å². The van der Waals surface area contributed by atoms with Gasteiger partial charge in [0.1, 0.15) is 11.3 Å². The van der Waals surface area contributed by atoms with Crippen molar-refractivity contribution in [1.82, 2.24) is 25.1 Å². The highest BCUT2D eigenvalue weighted by Crippen LogP contribution is 2.30. The summed E-state index contributed by atoms with van der Waals surface area (Å²) in [5, 5.41) is 11.9. The van der Waals surface area contributed by atoms with Crippen molar-refractivity contribution in [1.29, 1.82) is 0 Å². The quantitative estimate of drug-likeness (QED) is 0.501. The number of amides is 1. The highest BCUT2D eigenvalue weighted by Gasteiger charge is 2.24. The summed E-state index contributed by atoms with van der Waals surface area (Å²) in [4.78, 5) is 24.5. The van der Waals surface area contributed by atoms with E-state index in [4.69, 9.17) is 0 Å². The van der Waals surface area contributed by atoms with Gasteiger partial charge in [-0.3, -0.25) is 9.48 Å². The van der Waals surface area contributed by atoms with E-state index in [1.54, 1.807) is 43.2 Å². The first-order valence-electron chi connectivity index (χ1n) is 11.0. The molecule has 0 radical (unpaired) electrons. The Morgan fingerprint density at radius 3 is 2.70 bits per heavy atom. The van der Waals surface area contributed by atoms with Gasteiger partial charge in [0.2, 0.25) is 0 Å². The van der Waals surface area contributed by atoms with Gasteiger partial charge in [0.25, 0.3) is 5.91 Å². The summed E-state index contributed by atoms with van der Waals surface area (Å²) in [6, 6.07) is 7.42. The summed E-state index contributed by atoms with van der Waals surface area (Å²) in [5.41, 5.74) is 2.64. The van der Waals surface area contributed by atoms with E-state index in [1.165, 1.54) is 6.07 Å². The monoisotopic (exact) mass is 447 g/mol. The van der Waals surface area contributed by atoms with Crippen LogP contribution >= 0.6 is 0 Å². The number of benzene rings is 2. The predicted molar refractivity (Wildman–Crippen MR) is 127 cm³/mol. The number of hydrogen-bond donors (Lipinski definition) is 2. The van der Waals surface area contributed by atoms with Gasteiger partial charge in [-0.05, 0) is 45.0 Å². The number of hydrogen-bond acceptors (Lipinski definition) is 6. The molecule has 2 atom stereocenters. The zero-order valence-corrected chi connectivity index (χ0v) is 19.1. The van der Waals surface area contributed by atoms with Crippen molar-refractivity contribution in [3.63, 3.8) is 0 Å². The number of nitrogens with zero attached hydrogens (tertiary/aromatic N) is 5. The number of nitrogens with one attached hydrogen (secondary N) is 2. The van der Waals surface area contributed by atoms with Gasteiger partial charge < -0.3 is 15.5 Å². The van der Waals surface area contributed by atoms with Gasteiger partial charge in [-0.2, -0.15) is 5.10 Å². The van der Waals surface area contributed by atoms with Gasteiger partial charge in [0.15, 0.2) is 5.82 Å². The summed E-state index contributed by atoms with van der Waals surface area (Å²) in [6.07, 6.45) is 3.49. The lowest BCUT2D eigenvalue weighted by molar-refractivity contribution is 0.102. The Kier molecular flexibility index (Phi) is 5.20. The largest absolute Gasteiger partial charge is 0.368 e. The molecule has 1 saturated heterocycles. The zero-order valence-electron chi connectivity index (χ0n) is 19.1. The van der Waals surface area contributed by atoms with Crippen LogP contribution in [0.15, 0.2) is 36.7 Å². The van der Waals surface area contributed by atoms with Crippen molar-refractivity contribution in [3.8, 4) is 0 Å². The molecule has 1 aliphatic rings. The maximum Gasteiger partial charge on any atom is 0.257 e. The lowest BCUT2D eigenvalue weighted by Gasteiger charge is -2.38. The Morgan fingerprint density at radius 1 is 1.18 bits per heavy atom. The zero-order chi connectivity index (χ0) is 23.3. The molecule has 2 N–H and O–H groups in total. The molecule has 5 rings (SSSR count). The number of piperazine rings is 1. The first kappa shape index (κ1) is 21.3. The van der Waals surface area contributed by atoms with Crippen LogP contribution in [0.25, 0.3) is 21.8 Å². The van der Waals surface area contributed by atoms with Gasteiger partial charge in [0, 0.05) is 66.8 Å². The van der Waals surface area contributed by atoms with Crippen molar-refractivity contribution >= 4 is 39.1 Å². The maximum atomic E-state index is 14.5. The minimum atomic E-state index is -0.483. The van der Waals surface area contributed by atoms with E-state index >= 15 is 0 Å². The number of halogens is 1. The van der Waals surface area contributed by atoms with Gasteiger partial charge in [-0.15, -0.1) is 0 Å². The molecule has 0 aliphatic carbocycles. The highest BCUT2D eigenvalue weighted by atomic mass is 19.1. The summed E-state index contributed by atoms with van der Waals surface area (Å²) < 4.78 is 16.0. The topological polar surface area (TPSA) is 88.0 Å². The van der Waals surface area contributed by atoms with Crippen LogP contribution in [-0.2, 0) is 7.05 Å². The SMILES string of the molecule is Cc1ncc2c(N3C[C@H](C)N[C@@H](C)C3)ccc(C(=O)Nc3cc(F)c4nn(C)cc4c3)c2n1. The maximum absolute atomic E-state index is 14.5. The number of fused-ring (bicyclic) bond motifs is 2. The minimum absolute atomic E-state index is 0.271. The lowest BCUT2D eigenvalue weighted by atomic mass is 10.0. The molecule has 0 saturated carbocycles. The molecule has 2 aromatic heterocycles. The number of rotatable bonds is 3. The molecular formula is C24H26FN7O. The second-order valence-corrected chi connectivity index (χ2v) is 8.84. The first-order valence-corrected chi connectivity index (χ1v) is 11.0. The molecule has 4 aromatic rings. The molecule has 33 heavy (non-hydrogen) atoms. The average molecular weight is 448 g/mol. The molecule has 1 fully saturated rings. The molecule has 3 heterocycles. The molecular weight excluding hydrogens is 421 g/mol. The third-order valence-corrected chi connectivity index (χ3v) is 5.93. The summed E-state index contributed by atoms with van der Waals surface area (Å²) in [7, 11) is 1.73. The molecule has 0 bridgehead atoms. The van der Waals surface area contributed by atoms with Gasteiger partial charge in [-0.25, -0.2) is 14.4 Å². The normalized spacial score (nSPS) is 18.8. The van der Waals surface area contributed by atoms with Crippen molar-refractivity contribution in [2.75, 3.05) is 23.3 Å². The minimum Gasteiger partial charge on any atom is -0.368 e. The molecule has 8 nitrogen and oxygen atoms in total. The van der Waals surface area contributed by atoms with Crippen molar-refractivity contribution in [3.05, 3.63) is 53.9 Å². The van der Waals surface area contributed by atoms with Crippen LogP contribution in [0.4, 0.5) is 15.8 Å². The lowest BCUT2D eigenvalue weighted by Crippen LogP contribution is -2.54. The van der Waals surface area contributed by atoms with Crippen LogP contribution in [0.1, 0.15) is 30.0 Å². The molecule has 0 spiro atoms. The molecule has 170 valence electrons. The molecule has 2 aromatic carbocycles. The number of carbonyl (C=O) groups is 1. The van der Waals surface area contributed by atoms with E-state index in [9.17, 15) is 9.18 Å². The predicted octanol–water partition coefficient (Wildman–Crippen LogP) is 3.40. The average Bonchev–Trinajstić information content (AvgIpc) is 3.12. The molecule has 9 heteroatoms. The standard InChI is InChI=1S/C24H26FN7O/c1-13-10-32(11-14(2)27-13)21-6-5-18(23-19(21)9-26-15(3)28-23)24(33)29-17-7-16-12-31(4)30-22(16)20(25)8-17/h5-9,12-14,27H,10-11H2,1-4H3,(H,29,33)/t13-,14-/m0/s1. The van der Waals surface area contributed by atoms with E-state index < -0.39 is 5.82 Å². The molecule has 1 amide bonds. The van der Waals surface area contributed by atoms with E-state index in [0.29, 0.717) is 40.1 Å². The Labute approximate surface area is 190 Å². The second-order valence-electron chi connectivity index (χ2n) is 8.84. The number of aryl methyl sites for hydroxylation is 2. The summed E-state index contributed by atoms with van der Waals surface area (Å²) in [5.74, 6) is -0.253. The highest BCUT2D eigenvalue weighted by molar-refractivity contribution is 6.14. The van der Waals surface area contributed by atoms with Crippen molar-refractivity contribution < 1.29 is 9.18 Å². The first-order chi connectivity index (χ1) is 15.8. The smallest absolute Gasteiger partial charge is 0.257 e. The van der Waals surface area contributed by atoms with E-state index in [-0.39, 0.29) is 11.4 Å². The van der Waals surface area contributed by atoms with E-state index in [0.717, 1.165) is 24.2 Å². The van der Waals surface area contributed by atoms with Crippen molar-refractivity contribution in [2.24, 2.45) is 7.05 Å². The Balaban J connectivity index is 1.53. The number of aromatic nitrogens is 4. The van der Waals surface area contributed by atoms with Crippen molar-refractivity contribution in [2.45, 2.75) is 32.9 Å². The fourth-order valence-electron chi connectivity index (χ4n) is 4.66. The Hall–Kier alpha value is -3.59. The van der Waals surface area contributed by atoms with Crippen LogP contribution in [0.2, 0.25) is 0 Å². The van der Waals surface area contributed by atoms with Crippen LogP contribution in [0.3, 0.4) is 0 Å². The molecule has 0 unspecified atom stereocenters. The third kappa shape index (κ3) is 4.00. The number of carbonyl (C=O) groups excluding carboxylic acids is 1. The van der Waals surface area contributed by atoms with Gasteiger partial charge in [0.05, 0.1) is 11.1 Å². The fourth-order valence-corrected chi connectivity index (χ4v) is 4.66. The van der Waals surface area contributed by atoms with E-state index in [2.05, 4.69) is 44.4 Å². The Bertz CT molecular complexity index is 1370. The fraction of sp³-hybridized carbons (Fsp3) is 0.333. The molecule has 1 aliphatic heterocycles. The number of anilines is 2. The summed E-state index contributed by atoms with van der Waals surface area (Å²) >= 11 is 0. The van der Waals surface area contributed by atoms with Crippen LogP contribution in [0.5, 0.6) is 0 Å². The third-order valence-electron chi connectivity index (χ3n) is 5.93.